The van der Waals surface area contributed by atoms with Crippen molar-refractivity contribution in [2.45, 2.75) is 18.6 Å². The molecule has 2 atom stereocenters. The second-order valence-corrected chi connectivity index (χ2v) is 6.51. The van der Waals surface area contributed by atoms with Crippen LogP contribution in [0.3, 0.4) is 0 Å². The third kappa shape index (κ3) is 4.63. The molecule has 114 valence electrons. The van der Waals surface area contributed by atoms with E-state index in [9.17, 15) is 4.79 Å². The molecule has 1 aromatic rings. The van der Waals surface area contributed by atoms with Crippen molar-refractivity contribution in [2.75, 3.05) is 31.7 Å². The lowest BCUT2D eigenvalue weighted by molar-refractivity contribution is -0.140. The van der Waals surface area contributed by atoms with Crippen LogP contribution in [0.2, 0.25) is 0 Å². The summed E-state index contributed by atoms with van der Waals surface area (Å²) in [6, 6.07) is 3.68. The largest absolute Gasteiger partial charge is 0.369 e. The molecule has 0 aromatic carbocycles. The molecule has 1 amide bonds. The number of nitrogens with zero attached hydrogens (tertiary/aromatic N) is 1. The quantitative estimate of drug-likeness (QED) is 0.895. The predicted octanol–water partition coefficient (Wildman–Crippen LogP) is 2.15. The number of ether oxygens (including phenoxy) is 1. The zero-order valence-electron chi connectivity index (χ0n) is 11.5. The summed E-state index contributed by atoms with van der Waals surface area (Å²) in [6.45, 7) is 1.85. The van der Waals surface area contributed by atoms with Crippen LogP contribution in [0.4, 0.5) is 0 Å². The molecule has 2 N–H and O–H groups in total. The number of amides is 1. The molecule has 1 saturated heterocycles. The van der Waals surface area contributed by atoms with Crippen molar-refractivity contribution in [3.63, 3.8) is 0 Å². The lowest BCUT2D eigenvalue weighted by Gasteiger charge is -2.34. The number of thioether (sulfide) groups is 1. The minimum Gasteiger partial charge on any atom is -0.369 e. The van der Waals surface area contributed by atoms with Crippen LogP contribution < -0.4 is 5.73 Å². The molecule has 0 bridgehead atoms. The van der Waals surface area contributed by atoms with Gasteiger partial charge in [-0.1, -0.05) is 6.07 Å². The summed E-state index contributed by atoms with van der Waals surface area (Å²) in [5.41, 5.74) is 5.96. The van der Waals surface area contributed by atoms with Gasteiger partial charge in [-0.15, -0.1) is 23.7 Å². The number of carbonyl (C=O) groups is 1. The molecule has 2 rings (SSSR count). The fourth-order valence-corrected chi connectivity index (χ4v) is 3.35. The molecule has 0 spiro atoms. The van der Waals surface area contributed by atoms with E-state index in [1.807, 2.05) is 22.6 Å². The maximum Gasteiger partial charge on any atom is 0.239 e. The molecule has 1 aromatic heterocycles. The summed E-state index contributed by atoms with van der Waals surface area (Å²) in [5, 5.41) is 2.03. The average molecular weight is 337 g/mol. The van der Waals surface area contributed by atoms with Crippen molar-refractivity contribution in [1.82, 2.24) is 4.90 Å². The van der Waals surface area contributed by atoms with Gasteiger partial charge < -0.3 is 15.4 Å². The van der Waals surface area contributed by atoms with Crippen LogP contribution in [0.1, 0.15) is 17.4 Å². The Morgan fingerprint density at radius 2 is 2.50 bits per heavy atom. The average Bonchev–Trinajstić information content (AvgIpc) is 2.98. The first kappa shape index (κ1) is 17.8. The molecule has 4 nitrogen and oxygen atoms in total. The van der Waals surface area contributed by atoms with Crippen LogP contribution in [-0.4, -0.2) is 48.6 Å². The van der Waals surface area contributed by atoms with Gasteiger partial charge in [0, 0.05) is 11.4 Å². The van der Waals surface area contributed by atoms with Crippen LogP contribution in [-0.2, 0) is 9.53 Å². The zero-order chi connectivity index (χ0) is 13.7. The summed E-state index contributed by atoms with van der Waals surface area (Å²) in [6.07, 6.45) is 2.77. The summed E-state index contributed by atoms with van der Waals surface area (Å²) in [7, 11) is 0. The SMILES string of the molecule is CSCC[C@H](N)C(=O)N1CCOC(c2cccs2)C1.Cl. The van der Waals surface area contributed by atoms with Gasteiger partial charge in [-0.25, -0.2) is 0 Å². The Morgan fingerprint density at radius 1 is 1.70 bits per heavy atom. The van der Waals surface area contributed by atoms with Crippen molar-refractivity contribution in [3.8, 4) is 0 Å². The standard InChI is InChI=1S/C13H20N2O2S2.ClH/c1-18-8-4-10(14)13(16)15-5-6-17-11(9-15)12-3-2-7-19-12;/h2-3,7,10-11H,4-6,8-9,14H2,1H3;1H/t10-,11?;/m0./s1. The molecule has 20 heavy (non-hydrogen) atoms. The minimum absolute atomic E-state index is 0. The molecule has 1 fully saturated rings. The fourth-order valence-electron chi connectivity index (χ4n) is 2.10. The van der Waals surface area contributed by atoms with Crippen LogP contribution in [0.15, 0.2) is 17.5 Å². The zero-order valence-corrected chi connectivity index (χ0v) is 13.9. The van der Waals surface area contributed by atoms with Gasteiger partial charge in [-0.05, 0) is 29.9 Å². The normalized spacial score (nSPS) is 20.3. The van der Waals surface area contributed by atoms with Gasteiger partial charge in [0.1, 0.15) is 6.10 Å². The van der Waals surface area contributed by atoms with E-state index in [2.05, 4.69) is 6.07 Å². The molecule has 2 heterocycles. The first-order valence-electron chi connectivity index (χ1n) is 6.40. The van der Waals surface area contributed by atoms with E-state index in [0.29, 0.717) is 19.7 Å². The van der Waals surface area contributed by atoms with Gasteiger partial charge in [-0.3, -0.25) is 4.79 Å². The number of thiophene rings is 1. The minimum atomic E-state index is -0.380. The van der Waals surface area contributed by atoms with Crippen LogP contribution in [0.5, 0.6) is 0 Å². The summed E-state index contributed by atoms with van der Waals surface area (Å²) >= 11 is 3.39. The van der Waals surface area contributed by atoms with E-state index in [-0.39, 0.29) is 30.5 Å². The van der Waals surface area contributed by atoms with E-state index in [0.717, 1.165) is 12.2 Å². The first-order valence-corrected chi connectivity index (χ1v) is 8.68. The Morgan fingerprint density at radius 3 is 3.15 bits per heavy atom. The van der Waals surface area contributed by atoms with Gasteiger partial charge in [-0.2, -0.15) is 11.8 Å². The van der Waals surface area contributed by atoms with Gasteiger partial charge in [0.15, 0.2) is 0 Å². The lowest BCUT2D eigenvalue weighted by atomic mass is 10.1. The third-order valence-electron chi connectivity index (χ3n) is 3.19. The Labute approximate surface area is 134 Å². The highest BCUT2D eigenvalue weighted by atomic mass is 35.5. The number of nitrogens with two attached hydrogens (primary N) is 1. The Balaban J connectivity index is 0.00000200. The second-order valence-electron chi connectivity index (χ2n) is 4.55. The van der Waals surface area contributed by atoms with Gasteiger partial charge >= 0.3 is 0 Å². The van der Waals surface area contributed by atoms with Crippen LogP contribution in [0, 0.1) is 0 Å². The Bertz CT molecular complexity index is 403. The maximum absolute atomic E-state index is 12.3. The number of hydrogen-bond acceptors (Lipinski definition) is 5. The highest BCUT2D eigenvalue weighted by Gasteiger charge is 2.28. The highest BCUT2D eigenvalue weighted by molar-refractivity contribution is 7.98. The van der Waals surface area contributed by atoms with E-state index >= 15 is 0 Å². The molecular weight excluding hydrogens is 316 g/mol. The van der Waals surface area contributed by atoms with E-state index in [4.69, 9.17) is 10.5 Å². The van der Waals surface area contributed by atoms with E-state index in [1.54, 1.807) is 23.1 Å². The topological polar surface area (TPSA) is 55.6 Å². The van der Waals surface area contributed by atoms with Gasteiger partial charge in [0.25, 0.3) is 0 Å². The first-order chi connectivity index (χ1) is 9.22. The van der Waals surface area contributed by atoms with Gasteiger partial charge in [0.2, 0.25) is 5.91 Å². The van der Waals surface area contributed by atoms with E-state index < -0.39 is 0 Å². The van der Waals surface area contributed by atoms with Crippen molar-refractivity contribution >= 4 is 41.4 Å². The molecule has 1 unspecified atom stereocenters. The predicted molar refractivity (Wildman–Crippen MR) is 87.8 cm³/mol. The molecule has 7 heteroatoms. The number of carbonyl (C=O) groups excluding carboxylic acids is 1. The highest BCUT2D eigenvalue weighted by Crippen LogP contribution is 2.26. The lowest BCUT2D eigenvalue weighted by Crippen LogP contribution is -2.49. The van der Waals surface area contributed by atoms with E-state index in [1.165, 1.54) is 4.88 Å². The number of morpholine rings is 1. The summed E-state index contributed by atoms with van der Waals surface area (Å²) < 4.78 is 5.74. The monoisotopic (exact) mass is 336 g/mol. The number of hydrogen-bond donors (Lipinski definition) is 1. The molecule has 0 aliphatic carbocycles. The van der Waals surface area contributed by atoms with Crippen molar-refractivity contribution in [3.05, 3.63) is 22.4 Å². The summed E-state index contributed by atoms with van der Waals surface area (Å²) in [4.78, 5) is 15.3. The molecule has 0 saturated carbocycles. The molecular formula is C13H21ClN2O2S2. The van der Waals surface area contributed by atoms with Crippen molar-refractivity contribution in [1.29, 1.82) is 0 Å². The number of rotatable bonds is 5. The molecule has 1 aliphatic rings. The van der Waals surface area contributed by atoms with Crippen molar-refractivity contribution < 1.29 is 9.53 Å². The third-order valence-corrected chi connectivity index (χ3v) is 4.80. The Kier molecular flexibility index (Phi) is 7.91. The van der Waals surface area contributed by atoms with Crippen LogP contribution in [0.25, 0.3) is 0 Å². The second kappa shape index (κ2) is 8.89. The fraction of sp³-hybridized carbons (Fsp3) is 0.615. The summed E-state index contributed by atoms with van der Waals surface area (Å²) in [5.74, 6) is 0.977. The smallest absolute Gasteiger partial charge is 0.239 e. The number of halogens is 1. The maximum atomic E-state index is 12.3. The van der Waals surface area contributed by atoms with Crippen LogP contribution >= 0.6 is 35.5 Å². The molecule has 0 radical (unpaired) electrons. The molecule has 1 aliphatic heterocycles. The Hall–Kier alpha value is -0.270. The van der Waals surface area contributed by atoms with Crippen molar-refractivity contribution in [2.24, 2.45) is 5.73 Å². The van der Waals surface area contributed by atoms with Gasteiger partial charge in [0.05, 0.1) is 19.2 Å².